The first-order chi connectivity index (χ1) is 8.95. The zero-order valence-corrected chi connectivity index (χ0v) is 9.77. The fourth-order valence-corrected chi connectivity index (χ4v) is 2.73. The first kappa shape index (κ1) is 9.67. The van der Waals surface area contributed by atoms with Crippen LogP contribution in [0, 0.1) is 12.1 Å². The highest BCUT2D eigenvalue weighted by Gasteiger charge is 2.06. The number of hydrogen-bond donors (Lipinski definition) is 0. The van der Waals surface area contributed by atoms with Gasteiger partial charge in [0.15, 0.2) is 0 Å². The molecule has 18 heavy (non-hydrogen) atoms. The normalized spacial score (nSPS) is 11.3. The van der Waals surface area contributed by atoms with Gasteiger partial charge < -0.3 is 0 Å². The summed E-state index contributed by atoms with van der Waals surface area (Å²) in [5.41, 5.74) is 0. The van der Waals surface area contributed by atoms with Gasteiger partial charge in [-0.3, -0.25) is 0 Å². The van der Waals surface area contributed by atoms with Gasteiger partial charge in [0.2, 0.25) is 0 Å². The molecule has 82 valence electrons. The van der Waals surface area contributed by atoms with Gasteiger partial charge in [-0.1, -0.05) is 48.5 Å². The molecule has 0 heteroatoms. The van der Waals surface area contributed by atoms with E-state index in [1.165, 1.54) is 32.3 Å². The molecule has 0 fully saturated rings. The second-order valence-electron chi connectivity index (χ2n) is 4.49. The van der Waals surface area contributed by atoms with E-state index in [2.05, 4.69) is 60.7 Å². The van der Waals surface area contributed by atoms with Crippen LogP contribution in [0.4, 0.5) is 0 Å². The first-order valence-electron chi connectivity index (χ1n) is 6.05. The Hall–Kier alpha value is -2.34. The molecule has 0 N–H and O–H groups in total. The number of hydrogen-bond acceptors (Lipinski definition) is 0. The third kappa shape index (κ3) is 1.20. The van der Waals surface area contributed by atoms with Crippen LogP contribution in [0.15, 0.2) is 60.7 Å². The van der Waals surface area contributed by atoms with Crippen LogP contribution in [0.3, 0.4) is 0 Å². The lowest BCUT2D eigenvalue weighted by molar-refractivity contribution is 1.76. The van der Waals surface area contributed by atoms with Gasteiger partial charge in [0, 0.05) is 0 Å². The monoisotopic (exact) mass is 226 g/mol. The molecule has 0 saturated carbocycles. The van der Waals surface area contributed by atoms with Crippen molar-refractivity contribution in [1.82, 2.24) is 0 Å². The summed E-state index contributed by atoms with van der Waals surface area (Å²) in [5.74, 6) is 0. The molecule has 0 saturated heterocycles. The standard InChI is InChI=1S/C18H10/c1-2-8-14-13(7-1)15-9-3-4-11-17(15)18-12-6-5-10-16(14)18/h1-2,4,6-12H. The molecular weight excluding hydrogens is 216 g/mol. The third-order valence-electron chi connectivity index (χ3n) is 3.53. The SMILES string of the molecule is [c]1ccc2c(c1)c1ccccc1c1c[c]ccc12. The topological polar surface area (TPSA) is 0 Å². The molecular formula is C18H10. The van der Waals surface area contributed by atoms with Gasteiger partial charge >= 0.3 is 0 Å². The van der Waals surface area contributed by atoms with Crippen LogP contribution in [0.5, 0.6) is 0 Å². The molecule has 0 aliphatic carbocycles. The molecule has 0 spiro atoms. The van der Waals surface area contributed by atoms with Crippen molar-refractivity contribution >= 4 is 32.3 Å². The molecule has 4 aromatic rings. The Morgan fingerprint density at radius 2 is 0.944 bits per heavy atom. The minimum Gasteiger partial charge on any atom is -0.0616 e. The maximum absolute atomic E-state index is 3.18. The van der Waals surface area contributed by atoms with Gasteiger partial charge in [-0.05, 0) is 56.6 Å². The number of fused-ring (bicyclic) bond motifs is 6. The summed E-state index contributed by atoms with van der Waals surface area (Å²) in [6, 6.07) is 27.3. The van der Waals surface area contributed by atoms with E-state index in [0.717, 1.165) is 0 Å². The van der Waals surface area contributed by atoms with Crippen LogP contribution >= 0.6 is 0 Å². The van der Waals surface area contributed by atoms with Gasteiger partial charge in [-0.2, -0.15) is 0 Å². The minimum absolute atomic E-state index is 1.27. The molecule has 4 aromatic carbocycles. The van der Waals surface area contributed by atoms with E-state index >= 15 is 0 Å². The van der Waals surface area contributed by atoms with Crippen LogP contribution in [0.1, 0.15) is 0 Å². The Morgan fingerprint density at radius 3 is 1.44 bits per heavy atom. The highest BCUT2D eigenvalue weighted by Crippen LogP contribution is 2.34. The van der Waals surface area contributed by atoms with Gasteiger partial charge in [0.05, 0.1) is 0 Å². The lowest BCUT2D eigenvalue weighted by Gasteiger charge is -2.09. The van der Waals surface area contributed by atoms with E-state index in [4.69, 9.17) is 0 Å². The van der Waals surface area contributed by atoms with Crippen molar-refractivity contribution in [3.63, 3.8) is 0 Å². The van der Waals surface area contributed by atoms with Crippen molar-refractivity contribution in [3.8, 4) is 0 Å². The van der Waals surface area contributed by atoms with Crippen molar-refractivity contribution in [3.05, 3.63) is 72.8 Å². The minimum atomic E-state index is 1.27. The Morgan fingerprint density at radius 1 is 0.500 bits per heavy atom. The van der Waals surface area contributed by atoms with Gasteiger partial charge in [-0.25, -0.2) is 0 Å². The van der Waals surface area contributed by atoms with Gasteiger partial charge in [0.1, 0.15) is 0 Å². The molecule has 2 radical (unpaired) electrons. The molecule has 0 heterocycles. The fourth-order valence-electron chi connectivity index (χ4n) is 2.73. The highest BCUT2D eigenvalue weighted by molar-refractivity contribution is 6.25. The second kappa shape index (κ2) is 3.58. The molecule has 0 amide bonds. The molecule has 0 aliphatic heterocycles. The zero-order chi connectivity index (χ0) is 11.9. The summed E-state index contributed by atoms with van der Waals surface area (Å²) in [6.45, 7) is 0. The van der Waals surface area contributed by atoms with Crippen molar-refractivity contribution in [2.45, 2.75) is 0 Å². The van der Waals surface area contributed by atoms with Crippen LogP contribution in [-0.4, -0.2) is 0 Å². The van der Waals surface area contributed by atoms with Crippen LogP contribution < -0.4 is 0 Å². The summed E-state index contributed by atoms with van der Waals surface area (Å²) in [6.07, 6.45) is 0. The second-order valence-corrected chi connectivity index (χ2v) is 4.49. The number of benzene rings is 4. The average molecular weight is 226 g/mol. The maximum atomic E-state index is 3.18. The Balaban J connectivity index is 2.46. The van der Waals surface area contributed by atoms with Gasteiger partial charge in [-0.15, -0.1) is 0 Å². The highest BCUT2D eigenvalue weighted by atomic mass is 14.1. The van der Waals surface area contributed by atoms with Gasteiger partial charge in [0.25, 0.3) is 0 Å². The van der Waals surface area contributed by atoms with Crippen molar-refractivity contribution in [2.24, 2.45) is 0 Å². The van der Waals surface area contributed by atoms with Crippen LogP contribution in [-0.2, 0) is 0 Å². The van der Waals surface area contributed by atoms with Crippen molar-refractivity contribution < 1.29 is 0 Å². The summed E-state index contributed by atoms with van der Waals surface area (Å²) < 4.78 is 0. The van der Waals surface area contributed by atoms with Crippen LogP contribution in [0.2, 0.25) is 0 Å². The molecule has 0 unspecified atom stereocenters. The fraction of sp³-hybridized carbons (Fsp3) is 0. The van der Waals surface area contributed by atoms with E-state index in [1.54, 1.807) is 0 Å². The largest absolute Gasteiger partial charge is 0.0616 e. The summed E-state index contributed by atoms with van der Waals surface area (Å²) in [4.78, 5) is 0. The molecule has 0 bridgehead atoms. The van der Waals surface area contributed by atoms with E-state index in [0.29, 0.717) is 0 Å². The lowest BCUT2D eigenvalue weighted by atomic mass is 9.95. The Labute approximate surface area is 105 Å². The Kier molecular flexibility index (Phi) is 1.92. The van der Waals surface area contributed by atoms with Crippen molar-refractivity contribution in [2.75, 3.05) is 0 Å². The van der Waals surface area contributed by atoms with E-state index in [1.807, 2.05) is 12.1 Å². The lowest BCUT2D eigenvalue weighted by Crippen LogP contribution is -1.82. The molecule has 0 nitrogen and oxygen atoms in total. The molecule has 0 aromatic heterocycles. The van der Waals surface area contributed by atoms with E-state index in [9.17, 15) is 0 Å². The summed E-state index contributed by atoms with van der Waals surface area (Å²) in [5, 5.41) is 7.69. The molecule has 4 rings (SSSR count). The summed E-state index contributed by atoms with van der Waals surface area (Å²) >= 11 is 0. The quantitative estimate of drug-likeness (QED) is 0.380. The molecule has 0 atom stereocenters. The van der Waals surface area contributed by atoms with E-state index < -0.39 is 0 Å². The average Bonchev–Trinajstić information content (AvgIpc) is 2.48. The van der Waals surface area contributed by atoms with E-state index in [-0.39, 0.29) is 0 Å². The van der Waals surface area contributed by atoms with Crippen molar-refractivity contribution in [1.29, 1.82) is 0 Å². The number of rotatable bonds is 0. The summed E-state index contributed by atoms with van der Waals surface area (Å²) in [7, 11) is 0. The smallest absolute Gasteiger partial charge is 0.00928 e. The maximum Gasteiger partial charge on any atom is -0.00928 e. The molecule has 0 aliphatic rings. The Bertz CT molecular complexity index is 652. The predicted molar refractivity (Wildman–Crippen MR) is 76.6 cm³/mol. The zero-order valence-electron chi connectivity index (χ0n) is 9.77. The van der Waals surface area contributed by atoms with Crippen LogP contribution in [0.25, 0.3) is 32.3 Å². The first-order valence-corrected chi connectivity index (χ1v) is 6.05. The predicted octanol–water partition coefficient (Wildman–Crippen LogP) is 4.75. The third-order valence-corrected chi connectivity index (χ3v) is 3.53.